The van der Waals surface area contributed by atoms with Gasteiger partial charge in [0, 0.05) is 18.0 Å². The zero-order valence-electron chi connectivity index (χ0n) is 10.2. The van der Waals surface area contributed by atoms with Crippen LogP contribution in [0.1, 0.15) is 30.4 Å². The minimum atomic E-state index is -2.48. The molecule has 0 heterocycles. The highest BCUT2D eigenvalue weighted by molar-refractivity contribution is 5.69. The van der Waals surface area contributed by atoms with Crippen molar-refractivity contribution in [3.8, 4) is 0 Å². The Morgan fingerprint density at radius 2 is 2.17 bits per heavy atom. The maximum Gasteiger partial charge on any atom is 0.305 e. The van der Waals surface area contributed by atoms with Crippen molar-refractivity contribution >= 4 is 5.97 Å². The lowest BCUT2D eigenvalue weighted by Crippen LogP contribution is -2.24. The molecule has 3 nitrogen and oxygen atoms in total. The summed E-state index contributed by atoms with van der Waals surface area (Å²) in [5.74, 6) is -0.313. The van der Waals surface area contributed by atoms with Crippen LogP contribution in [-0.4, -0.2) is 19.1 Å². The van der Waals surface area contributed by atoms with E-state index in [-0.39, 0.29) is 24.0 Å². The minimum Gasteiger partial charge on any atom is -0.469 e. The Hall–Kier alpha value is -1.49. The van der Waals surface area contributed by atoms with Gasteiger partial charge in [0.1, 0.15) is 0 Å². The van der Waals surface area contributed by atoms with E-state index in [4.69, 9.17) is 5.73 Å². The highest BCUT2D eigenvalue weighted by atomic mass is 19.3. The van der Waals surface area contributed by atoms with Crippen LogP contribution >= 0.6 is 0 Å². The van der Waals surface area contributed by atoms with Gasteiger partial charge in [-0.3, -0.25) is 4.79 Å². The number of carbonyl (C=O) groups excluding carboxylic acids is 1. The molecule has 0 aliphatic heterocycles. The molecule has 1 aromatic carbocycles. The highest BCUT2D eigenvalue weighted by Gasteiger charge is 2.11. The molecule has 1 unspecified atom stereocenters. The lowest BCUT2D eigenvalue weighted by atomic mass is 10.0. The van der Waals surface area contributed by atoms with Crippen molar-refractivity contribution in [2.45, 2.75) is 31.7 Å². The van der Waals surface area contributed by atoms with Crippen LogP contribution in [-0.2, 0) is 16.0 Å². The van der Waals surface area contributed by atoms with E-state index in [0.717, 1.165) is 5.56 Å². The van der Waals surface area contributed by atoms with Gasteiger partial charge < -0.3 is 10.5 Å². The monoisotopic (exact) mass is 257 g/mol. The largest absolute Gasteiger partial charge is 0.469 e. The minimum absolute atomic E-state index is 0.00679. The van der Waals surface area contributed by atoms with Crippen LogP contribution in [0.3, 0.4) is 0 Å². The number of halogens is 2. The normalized spacial score (nSPS) is 12.5. The van der Waals surface area contributed by atoms with Gasteiger partial charge in [-0.05, 0) is 18.4 Å². The fraction of sp³-hybridized carbons (Fsp3) is 0.462. The van der Waals surface area contributed by atoms with E-state index in [1.54, 1.807) is 12.1 Å². The number of carbonyl (C=O) groups is 1. The van der Waals surface area contributed by atoms with Crippen molar-refractivity contribution < 1.29 is 18.3 Å². The molecule has 0 radical (unpaired) electrons. The Bertz CT molecular complexity index is 396. The van der Waals surface area contributed by atoms with E-state index in [0.29, 0.717) is 12.8 Å². The number of nitrogens with two attached hydrogens (primary N) is 1. The smallest absolute Gasteiger partial charge is 0.305 e. The molecular weight excluding hydrogens is 240 g/mol. The van der Waals surface area contributed by atoms with Gasteiger partial charge in [0.2, 0.25) is 0 Å². The molecule has 2 N–H and O–H groups in total. The van der Waals surface area contributed by atoms with Crippen LogP contribution in [0.5, 0.6) is 0 Å². The molecule has 18 heavy (non-hydrogen) atoms. The molecule has 1 rings (SSSR count). The molecule has 0 spiro atoms. The molecular formula is C13H17F2NO2. The van der Waals surface area contributed by atoms with Crippen LogP contribution < -0.4 is 5.73 Å². The molecule has 0 aliphatic rings. The molecule has 0 amide bonds. The van der Waals surface area contributed by atoms with Gasteiger partial charge in [-0.15, -0.1) is 0 Å². The lowest BCUT2D eigenvalue weighted by molar-refractivity contribution is -0.140. The van der Waals surface area contributed by atoms with Gasteiger partial charge in [0.25, 0.3) is 6.43 Å². The summed E-state index contributed by atoms with van der Waals surface area (Å²) in [4.78, 5) is 10.9. The van der Waals surface area contributed by atoms with Crippen LogP contribution in [0.25, 0.3) is 0 Å². The number of esters is 1. The Labute approximate surface area is 105 Å². The molecule has 5 heteroatoms. The average Bonchev–Trinajstić information content (AvgIpc) is 2.36. The molecule has 0 bridgehead atoms. The van der Waals surface area contributed by atoms with Crippen molar-refractivity contribution in [2.75, 3.05) is 7.11 Å². The first-order valence-electron chi connectivity index (χ1n) is 5.72. The van der Waals surface area contributed by atoms with Crippen molar-refractivity contribution in [3.63, 3.8) is 0 Å². The van der Waals surface area contributed by atoms with E-state index in [2.05, 4.69) is 4.74 Å². The van der Waals surface area contributed by atoms with E-state index in [1.165, 1.54) is 19.2 Å². The summed E-state index contributed by atoms with van der Waals surface area (Å²) < 4.78 is 29.5. The number of ether oxygens (including phenoxy) is 1. The van der Waals surface area contributed by atoms with Gasteiger partial charge in [0.15, 0.2) is 0 Å². The lowest BCUT2D eigenvalue weighted by Gasteiger charge is -2.11. The Balaban J connectivity index is 2.51. The maximum absolute atomic E-state index is 12.5. The second-order valence-corrected chi connectivity index (χ2v) is 4.12. The third-order valence-corrected chi connectivity index (χ3v) is 2.65. The summed E-state index contributed by atoms with van der Waals surface area (Å²) in [6.07, 6.45) is -1.29. The fourth-order valence-corrected chi connectivity index (χ4v) is 1.67. The number of alkyl halides is 2. The summed E-state index contributed by atoms with van der Waals surface area (Å²) >= 11 is 0. The highest BCUT2D eigenvalue weighted by Crippen LogP contribution is 2.20. The second kappa shape index (κ2) is 7.06. The van der Waals surface area contributed by atoms with E-state index >= 15 is 0 Å². The van der Waals surface area contributed by atoms with Crippen molar-refractivity contribution in [1.82, 2.24) is 0 Å². The third kappa shape index (κ3) is 4.79. The van der Waals surface area contributed by atoms with E-state index in [9.17, 15) is 13.6 Å². The first kappa shape index (κ1) is 14.6. The Morgan fingerprint density at radius 1 is 1.44 bits per heavy atom. The molecule has 0 aromatic heterocycles. The van der Waals surface area contributed by atoms with Crippen LogP contribution in [0.4, 0.5) is 8.78 Å². The fourth-order valence-electron chi connectivity index (χ4n) is 1.67. The first-order chi connectivity index (χ1) is 8.52. The number of hydrogen-bond donors (Lipinski definition) is 1. The van der Waals surface area contributed by atoms with Crippen LogP contribution in [0, 0.1) is 0 Å². The zero-order valence-corrected chi connectivity index (χ0v) is 10.2. The quantitative estimate of drug-likeness (QED) is 0.796. The summed E-state index contributed by atoms with van der Waals surface area (Å²) in [5, 5.41) is 0. The van der Waals surface area contributed by atoms with Gasteiger partial charge in [0.05, 0.1) is 7.11 Å². The molecule has 1 atom stereocenters. The summed E-state index contributed by atoms with van der Waals surface area (Å²) in [5.41, 5.74) is 6.59. The zero-order chi connectivity index (χ0) is 13.5. The molecule has 0 saturated carbocycles. The van der Waals surface area contributed by atoms with Gasteiger partial charge >= 0.3 is 5.97 Å². The predicted molar refractivity (Wildman–Crippen MR) is 64.3 cm³/mol. The SMILES string of the molecule is COC(=O)CCC(N)Cc1cccc(C(F)F)c1. The Morgan fingerprint density at radius 3 is 2.78 bits per heavy atom. The number of methoxy groups -OCH3 is 1. The number of rotatable bonds is 6. The first-order valence-corrected chi connectivity index (χ1v) is 5.72. The van der Waals surface area contributed by atoms with Crippen LogP contribution in [0.15, 0.2) is 24.3 Å². The molecule has 0 saturated heterocycles. The summed E-state index contributed by atoms with van der Waals surface area (Å²) in [7, 11) is 1.32. The number of hydrogen-bond acceptors (Lipinski definition) is 3. The molecule has 1 aromatic rings. The topological polar surface area (TPSA) is 52.3 Å². The summed E-state index contributed by atoms with van der Waals surface area (Å²) in [6.45, 7) is 0. The van der Waals surface area contributed by atoms with E-state index in [1.807, 2.05) is 0 Å². The standard InChI is InChI=1S/C13H17F2NO2/c1-18-12(17)6-5-11(16)8-9-3-2-4-10(7-9)13(14)15/h2-4,7,11,13H,5-6,8,16H2,1H3. The average molecular weight is 257 g/mol. The maximum atomic E-state index is 12.5. The Kier molecular flexibility index (Phi) is 5.71. The van der Waals surface area contributed by atoms with Crippen molar-refractivity contribution in [1.29, 1.82) is 0 Å². The van der Waals surface area contributed by atoms with Crippen LogP contribution in [0.2, 0.25) is 0 Å². The van der Waals surface area contributed by atoms with Gasteiger partial charge in [-0.1, -0.05) is 24.3 Å². The summed E-state index contributed by atoms with van der Waals surface area (Å²) in [6, 6.07) is 5.93. The van der Waals surface area contributed by atoms with Crippen molar-refractivity contribution in [2.24, 2.45) is 5.73 Å². The predicted octanol–water partition coefficient (Wildman–Crippen LogP) is 2.45. The van der Waals surface area contributed by atoms with Gasteiger partial charge in [-0.2, -0.15) is 0 Å². The van der Waals surface area contributed by atoms with E-state index < -0.39 is 6.43 Å². The van der Waals surface area contributed by atoms with Gasteiger partial charge in [-0.25, -0.2) is 8.78 Å². The molecule has 0 fully saturated rings. The molecule has 0 aliphatic carbocycles. The third-order valence-electron chi connectivity index (χ3n) is 2.65. The second-order valence-electron chi connectivity index (χ2n) is 4.12. The van der Waals surface area contributed by atoms with Crippen molar-refractivity contribution in [3.05, 3.63) is 35.4 Å². The number of benzene rings is 1. The molecule has 100 valence electrons.